The third kappa shape index (κ3) is 2.43. The van der Waals surface area contributed by atoms with Crippen LogP contribution in [0.4, 0.5) is 0 Å². The molecule has 4 heteroatoms. The highest BCUT2D eigenvalue weighted by Crippen LogP contribution is 2.28. The number of benzene rings is 1. The van der Waals surface area contributed by atoms with Crippen LogP contribution in [0.5, 0.6) is 0 Å². The van der Waals surface area contributed by atoms with Crippen LogP contribution in [0.15, 0.2) is 18.2 Å². The minimum absolute atomic E-state index is 0.120. The van der Waals surface area contributed by atoms with Gasteiger partial charge in [0, 0.05) is 5.56 Å². The standard InChI is InChI=1S/C14H20N4/c1-9-5-6-10(14(2,3)4)7-11(9)13-16-12(8-15)17-18-13/h5-7H,8,15H2,1-4H3,(H,16,17,18). The maximum atomic E-state index is 5.54. The lowest BCUT2D eigenvalue weighted by atomic mass is 9.85. The summed E-state index contributed by atoms with van der Waals surface area (Å²) in [6.07, 6.45) is 0. The van der Waals surface area contributed by atoms with E-state index in [1.807, 2.05) is 0 Å². The monoisotopic (exact) mass is 244 g/mol. The quantitative estimate of drug-likeness (QED) is 0.853. The van der Waals surface area contributed by atoms with E-state index in [9.17, 15) is 0 Å². The van der Waals surface area contributed by atoms with E-state index in [1.165, 1.54) is 11.1 Å². The van der Waals surface area contributed by atoms with E-state index >= 15 is 0 Å². The number of nitrogens with one attached hydrogen (secondary N) is 1. The van der Waals surface area contributed by atoms with Crippen LogP contribution < -0.4 is 5.73 Å². The number of hydrogen-bond donors (Lipinski definition) is 2. The number of nitrogens with zero attached hydrogens (tertiary/aromatic N) is 2. The van der Waals surface area contributed by atoms with Crippen LogP contribution in [0.2, 0.25) is 0 Å². The zero-order chi connectivity index (χ0) is 13.3. The molecule has 1 aromatic carbocycles. The van der Waals surface area contributed by atoms with Crippen molar-refractivity contribution in [3.05, 3.63) is 35.2 Å². The van der Waals surface area contributed by atoms with Crippen LogP contribution in [0.1, 0.15) is 37.7 Å². The summed E-state index contributed by atoms with van der Waals surface area (Å²) in [4.78, 5) is 4.39. The Bertz CT molecular complexity index is 549. The van der Waals surface area contributed by atoms with Gasteiger partial charge in [0.15, 0.2) is 5.82 Å². The van der Waals surface area contributed by atoms with Crippen LogP contribution in [-0.2, 0) is 12.0 Å². The van der Waals surface area contributed by atoms with E-state index < -0.39 is 0 Å². The molecule has 0 saturated heterocycles. The van der Waals surface area contributed by atoms with Gasteiger partial charge in [-0.05, 0) is 29.5 Å². The van der Waals surface area contributed by atoms with Gasteiger partial charge < -0.3 is 5.73 Å². The SMILES string of the molecule is Cc1ccc(C(C)(C)C)cc1-c1n[nH]c(CN)n1. The first kappa shape index (κ1) is 12.8. The molecule has 0 bridgehead atoms. The fraction of sp³-hybridized carbons (Fsp3) is 0.429. The Hall–Kier alpha value is -1.68. The molecule has 0 aliphatic heterocycles. The van der Waals surface area contributed by atoms with Crippen molar-refractivity contribution in [2.24, 2.45) is 5.73 Å². The zero-order valence-electron chi connectivity index (χ0n) is 11.4. The number of rotatable bonds is 2. The maximum absolute atomic E-state index is 5.54. The minimum Gasteiger partial charge on any atom is -0.324 e. The van der Waals surface area contributed by atoms with Crippen molar-refractivity contribution in [3.63, 3.8) is 0 Å². The number of aromatic nitrogens is 3. The summed E-state index contributed by atoms with van der Waals surface area (Å²) in [5.41, 5.74) is 9.18. The van der Waals surface area contributed by atoms with Gasteiger partial charge >= 0.3 is 0 Å². The molecule has 96 valence electrons. The molecule has 0 fully saturated rings. The highest BCUT2D eigenvalue weighted by Gasteiger charge is 2.16. The van der Waals surface area contributed by atoms with Crippen LogP contribution >= 0.6 is 0 Å². The summed E-state index contributed by atoms with van der Waals surface area (Å²) in [5, 5.41) is 7.08. The highest BCUT2D eigenvalue weighted by atomic mass is 15.2. The highest BCUT2D eigenvalue weighted by molar-refractivity contribution is 5.61. The lowest BCUT2D eigenvalue weighted by molar-refractivity contribution is 0.590. The van der Waals surface area contributed by atoms with Gasteiger partial charge in [-0.25, -0.2) is 4.98 Å². The second kappa shape index (κ2) is 4.53. The van der Waals surface area contributed by atoms with Crippen LogP contribution in [0.3, 0.4) is 0 Å². The van der Waals surface area contributed by atoms with Crippen molar-refractivity contribution >= 4 is 0 Å². The molecule has 2 aromatic rings. The van der Waals surface area contributed by atoms with Gasteiger partial charge in [0.2, 0.25) is 0 Å². The third-order valence-corrected chi connectivity index (χ3v) is 3.07. The largest absolute Gasteiger partial charge is 0.324 e. The van der Waals surface area contributed by atoms with Crippen LogP contribution in [-0.4, -0.2) is 15.2 Å². The predicted molar refractivity (Wildman–Crippen MR) is 73.1 cm³/mol. The van der Waals surface area contributed by atoms with Gasteiger partial charge in [0.1, 0.15) is 5.82 Å². The summed E-state index contributed by atoms with van der Waals surface area (Å²) in [6, 6.07) is 6.45. The van der Waals surface area contributed by atoms with Crippen molar-refractivity contribution in [1.82, 2.24) is 15.2 Å². The van der Waals surface area contributed by atoms with E-state index in [0.29, 0.717) is 12.4 Å². The molecule has 0 radical (unpaired) electrons. The first-order chi connectivity index (χ1) is 8.41. The molecule has 1 aromatic heterocycles. The lowest BCUT2D eigenvalue weighted by Gasteiger charge is -2.20. The van der Waals surface area contributed by atoms with E-state index in [-0.39, 0.29) is 5.41 Å². The molecule has 0 aliphatic carbocycles. The first-order valence-corrected chi connectivity index (χ1v) is 6.14. The van der Waals surface area contributed by atoms with Crippen molar-refractivity contribution in [1.29, 1.82) is 0 Å². The zero-order valence-corrected chi connectivity index (χ0v) is 11.4. The maximum Gasteiger partial charge on any atom is 0.181 e. The van der Waals surface area contributed by atoms with Gasteiger partial charge in [0.05, 0.1) is 6.54 Å². The second-order valence-electron chi connectivity index (χ2n) is 5.59. The van der Waals surface area contributed by atoms with Gasteiger partial charge in [0.25, 0.3) is 0 Å². The van der Waals surface area contributed by atoms with Crippen molar-refractivity contribution in [3.8, 4) is 11.4 Å². The molecule has 0 atom stereocenters. The fourth-order valence-electron chi connectivity index (χ4n) is 1.84. The molecule has 0 aliphatic rings. The number of nitrogens with two attached hydrogens (primary N) is 1. The third-order valence-electron chi connectivity index (χ3n) is 3.07. The minimum atomic E-state index is 0.120. The Morgan fingerprint density at radius 1 is 1.28 bits per heavy atom. The molecular weight excluding hydrogens is 224 g/mol. The second-order valence-corrected chi connectivity index (χ2v) is 5.59. The van der Waals surface area contributed by atoms with Crippen LogP contribution in [0.25, 0.3) is 11.4 Å². The fourth-order valence-corrected chi connectivity index (χ4v) is 1.84. The van der Waals surface area contributed by atoms with E-state index in [2.05, 4.69) is 61.1 Å². The molecule has 3 N–H and O–H groups in total. The molecule has 0 amide bonds. The summed E-state index contributed by atoms with van der Waals surface area (Å²) in [7, 11) is 0. The Morgan fingerprint density at radius 3 is 2.56 bits per heavy atom. The molecule has 0 saturated carbocycles. The summed E-state index contributed by atoms with van der Waals surface area (Å²) in [5.74, 6) is 1.43. The van der Waals surface area contributed by atoms with Gasteiger partial charge in [-0.1, -0.05) is 32.9 Å². The average Bonchev–Trinajstić information content (AvgIpc) is 2.76. The number of aromatic amines is 1. The van der Waals surface area contributed by atoms with Crippen molar-refractivity contribution in [2.45, 2.75) is 39.7 Å². The molecule has 4 nitrogen and oxygen atoms in total. The van der Waals surface area contributed by atoms with Gasteiger partial charge in [-0.3, -0.25) is 5.10 Å². The van der Waals surface area contributed by atoms with E-state index in [4.69, 9.17) is 5.73 Å². The summed E-state index contributed by atoms with van der Waals surface area (Å²) >= 11 is 0. The average molecular weight is 244 g/mol. The summed E-state index contributed by atoms with van der Waals surface area (Å²) in [6.45, 7) is 9.05. The number of aryl methyl sites for hydroxylation is 1. The smallest absolute Gasteiger partial charge is 0.181 e. The van der Waals surface area contributed by atoms with E-state index in [1.54, 1.807) is 0 Å². The van der Waals surface area contributed by atoms with Crippen molar-refractivity contribution in [2.75, 3.05) is 0 Å². The summed E-state index contributed by atoms with van der Waals surface area (Å²) < 4.78 is 0. The van der Waals surface area contributed by atoms with Crippen molar-refractivity contribution < 1.29 is 0 Å². The molecule has 18 heavy (non-hydrogen) atoms. The number of hydrogen-bond acceptors (Lipinski definition) is 3. The first-order valence-electron chi connectivity index (χ1n) is 6.14. The topological polar surface area (TPSA) is 67.6 Å². The van der Waals surface area contributed by atoms with Gasteiger partial charge in [-0.15, -0.1) is 0 Å². The Labute approximate surface area is 108 Å². The van der Waals surface area contributed by atoms with Crippen LogP contribution in [0, 0.1) is 6.92 Å². The Morgan fingerprint density at radius 2 is 2.00 bits per heavy atom. The molecule has 0 spiro atoms. The Kier molecular flexibility index (Phi) is 3.22. The molecular formula is C14H20N4. The normalized spacial score (nSPS) is 11.8. The van der Waals surface area contributed by atoms with Gasteiger partial charge in [-0.2, -0.15) is 5.10 Å². The molecule has 1 heterocycles. The van der Waals surface area contributed by atoms with E-state index in [0.717, 1.165) is 11.4 Å². The predicted octanol–water partition coefficient (Wildman–Crippen LogP) is 2.54. The molecule has 0 unspecified atom stereocenters. The lowest BCUT2D eigenvalue weighted by Crippen LogP contribution is -2.11. The number of H-pyrrole nitrogens is 1. The Balaban J connectivity index is 2.49. The molecule has 2 rings (SSSR count).